The maximum absolute atomic E-state index is 15.0. The van der Waals surface area contributed by atoms with Gasteiger partial charge in [-0.05, 0) is 63.7 Å². The van der Waals surface area contributed by atoms with E-state index >= 15 is 0 Å². The maximum Gasteiger partial charge on any atom is 0.338 e. The van der Waals surface area contributed by atoms with Crippen LogP contribution in [0.2, 0.25) is 0 Å². The number of esters is 1. The van der Waals surface area contributed by atoms with Crippen LogP contribution < -0.4 is 50.8 Å². The van der Waals surface area contributed by atoms with Crippen LogP contribution in [0.5, 0.6) is 23.0 Å². The largest absolute Gasteiger partial charge is 0.490 e. The van der Waals surface area contributed by atoms with Gasteiger partial charge in [-0.2, -0.15) is 0 Å². The molecule has 0 atom stereocenters. The number of nitrogens with one attached hydrogen (secondary N) is 6. The zero-order valence-electron chi connectivity index (χ0n) is 79.7. The van der Waals surface area contributed by atoms with Crippen LogP contribution >= 0.6 is 23.5 Å². The Morgan fingerprint density at radius 2 is 0.475 bits per heavy atom. The van der Waals surface area contributed by atoms with Crippen LogP contribution in [0.4, 0.5) is 11.4 Å². The van der Waals surface area contributed by atoms with Gasteiger partial charge in [-0.15, -0.1) is 23.5 Å². The van der Waals surface area contributed by atoms with Crippen LogP contribution in [0.25, 0.3) is 0 Å². The lowest BCUT2D eigenvalue weighted by molar-refractivity contribution is -0.116. The number of carbonyl (C=O) groups excluding carboxylic acids is 7. The van der Waals surface area contributed by atoms with Crippen molar-refractivity contribution in [1.29, 1.82) is 0 Å². The first-order valence-electron chi connectivity index (χ1n) is 46.0. The molecule has 0 aromatic heterocycles. The Morgan fingerprint density at radius 1 is 0.252 bits per heavy atom. The Bertz CT molecular complexity index is 4550. The molecule has 0 bridgehead atoms. The molecule has 0 radical (unpaired) electrons. The number of carbonyl (C=O) groups is 7. The van der Waals surface area contributed by atoms with Gasteiger partial charge in [-0.25, -0.2) is 4.79 Å². The molecule has 9 aromatic rings. The van der Waals surface area contributed by atoms with Crippen molar-refractivity contribution >= 4 is 76.3 Å². The lowest BCUT2D eigenvalue weighted by Gasteiger charge is -2.35. The van der Waals surface area contributed by atoms with E-state index in [0.29, 0.717) is 77.6 Å². The SMILES string of the molecule is COCCOCCOCCOC(=O)c1cc(NC(=O)CNC(=O)c2cc(C(=O)NCCSC(c3ccccc3)(c3ccccc3)c3ccccc3)c(OCCOCCOCCOC)cc2OCCOCCOCCOC)cc(NC(=O)CNC(=O)c2cc(C(=O)NCCSC(c3ccccc3)(c3ccccc3)c3ccccc3)c(OCCOCCOCCOC)cc2OCCOCCOCCOC)c1. The second kappa shape index (κ2) is 66.2. The average Bonchev–Trinajstić information content (AvgIpc) is 0.761. The van der Waals surface area contributed by atoms with Crippen molar-refractivity contribution in [3.63, 3.8) is 0 Å². The molecule has 9 rings (SSSR count). The molecule has 0 heterocycles. The Kier molecular flexibility index (Phi) is 53.0. The van der Waals surface area contributed by atoms with E-state index in [1.165, 1.54) is 42.5 Å². The summed E-state index contributed by atoms with van der Waals surface area (Å²) in [6.45, 7) is 4.78. The summed E-state index contributed by atoms with van der Waals surface area (Å²) in [4.78, 5) is 103. The first-order chi connectivity index (χ1) is 68.3. The Hall–Kier alpha value is -11.4. The molecule has 0 spiro atoms. The molecule has 6 N–H and O–H groups in total. The number of anilines is 2. The van der Waals surface area contributed by atoms with Gasteiger partial charge in [-0.1, -0.05) is 182 Å². The predicted molar refractivity (Wildman–Crippen MR) is 529 cm³/mol. The lowest BCUT2D eigenvalue weighted by atomic mass is 9.84. The quantitative estimate of drug-likeness (QED) is 0.0117. The van der Waals surface area contributed by atoms with Gasteiger partial charge in [0.15, 0.2) is 0 Å². The van der Waals surface area contributed by atoms with Gasteiger partial charge in [0.05, 0.1) is 216 Å². The molecule has 35 heteroatoms. The third kappa shape index (κ3) is 38.6. The van der Waals surface area contributed by atoms with E-state index in [-0.39, 0.29) is 207 Å². The molecule has 6 amide bonds. The highest BCUT2D eigenvalue weighted by atomic mass is 32.2. The number of hydrogen-bond acceptors (Lipinski definition) is 29. The van der Waals surface area contributed by atoms with E-state index < -0.39 is 64.0 Å². The molecule has 0 aliphatic carbocycles. The van der Waals surface area contributed by atoms with E-state index in [1.54, 1.807) is 59.1 Å². The van der Waals surface area contributed by atoms with E-state index in [9.17, 15) is 33.6 Å². The van der Waals surface area contributed by atoms with Gasteiger partial charge < -0.3 is 127 Å². The molecular weight excluding hydrogens is 1830 g/mol. The molecule has 0 fully saturated rings. The second-order valence-corrected chi connectivity index (χ2v) is 33.0. The molecule has 0 aliphatic heterocycles. The summed E-state index contributed by atoms with van der Waals surface area (Å²) in [5.74, 6) is -4.66. The predicted octanol–water partition coefficient (Wildman–Crippen LogP) is 11.4. The smallest absolute Gasteiger partial charge is 0.338 e. The highest BCUT2D eigenvalue weighted by molar-refractivity contribution is 8.00. The van der Waals surface area contributed by atoms with Crippen LogP contribution in [-0.4, -0.2) is 313 Å². The first-order valence-corrected chi connectivity index (χ1v) is 48.0. The highest BCUT2D eigenvalue weighted by Gasteiger charge is 2.39. The van der Waals surface area contributed by atoms with Crippen molar-refractivity contribution in [2.75, 3.05) is 282 Å². The van der Waals surface area contributed by atoms with Gasteiger partial charge in [0.1, 0.15) is 56.0 Å². The molecule has 139 heavy (non-hydrogen) atoms. The van der Waals surface area contributed by atoms with Gasteiger partial charge in [0.25, 0.3) is 23.6 Å². The summed E-state index contributed by atoms with van der Waals surface area (Å²) < 4.78 is 112. The summed E-state index contributed by atoms with van der Waals surface area (Å²) >= 11 is 3.28. The maximum atomic E-state index is 15.0. The molecule has 0 aliphatic rings. The fourth-order valence-corrected chi connectivity index (χ4v) is 16.9. The van der Waals surface area contributed by atoms with Gasteiger partial charge in [0.2, 0.25) is 11.8 Å². The minimum Gasteiger partial charge on any atom is -0.490 e. The van der Waals surface area contributed by atoms with Crippen LogP contribution in [0, 0.1) is 0 Å². The van der Waals surface area contributed by atoms with Gasteiger partial charge in [-0.3, -0.25) is 28.8 Å². The molecule has 0 saturated carbocycles. The monoisotopic (exact) mass is 1960 g/mol. The Balaban J connectivity index is 0.971. The number of ether oxygens (including phenoxy) is 20. The molecule has 0 unspecified atom stereocenters. The Labute approximate surface area is 821 Å². The zero-order valence-corrected chi connectivity index (χ0v) is 81.3. The van der Waals surface area contributed by atoms with Crippen LogP contribution in [0.1, 0.15) is 85.2 Å². The molecule has 33 nitrogen and oxygen atoms in total. The molecule has 9 aromatic carbocycles. The number of amides is 6. The zero-order chi connectivity index (χ0) is 98.3. The first kappa shape index (κ1) is 111. The summed E-state index contributed by atoms with van der Waals surface area (Å²) in [5.41, 5.74) is 5.44. The van der Waals surface area contributed by atoms with Crippen molar-refractivity contribution in [3.05, 3.63) is 286 Å². The highest BCUT2D eigenvalue weighted by Crippen LogP contribution is 2.50. The standard InChI is InChI=1S/C104H130N6O27S2/c1-118-38-43-123-48-53-128-58-63-133-92-75-94(135-65-60-130-55-50-125-45-40-120-3)90(73-88(92)98(113)105-36-68-138-103(80-24-12-6-13-25-80,81-26-14-7-15-27-81)82-28-16-8-17-29-82)100(115)107-77-96(111)109-86-70-79(102(117)137-67-62-132-57-52-127-47-42-122-5)71-87(72-86)110-97(112)78-108-101(116)91-74-89(93(134-64-59-129-54-49-124-44-39-119-2)76-95(91)136-66-61-131-56-51-126-46-41-121-4)99(114)106-37-69-139-104(83-30-18-9-19-31-83,84-32-20-10-21-33-84)85-34-22-11-23-35-85/h6-35,70-76H,36-69,77-78H2,1-5H3,(H,105,113)(H,106,114)(H,107,115)(H,108,116)(H,109,111)(H,110,112). The lowest BCUT2D eigenvalue weighted by Crippen LogP contribution is -2.34. The third-order valence-electron chi connectivity index (χ3n) is 20.6. The van der Waals surface area contributed by atoms with Gasteiger partial charge >= 0.3 is 5.97 Å². The van der Waals surface area contributed by atoms with Crippen molar-refractivity contribution in [2.45, 2.75) is 9.49 Å². The van der Waals surface area contributed by atoms with E-state index in [0.717, 1.165) is 33.4 Å². The van der Waals surface area contributed by atoms with Gasteiger partial charge in [0, 0.05) is 83.7 Å². The minimum absolute atomic E-state index is 0.0263. The van der Waals surface area contributed by atoms with Crippen molar-refractivity contribution < 1.29 is 128 Å². The van der Waals surface area contributed by atoms with Crippen LogP contribution in [0.15, 0.2) is 224 Å². The van der Waals surface area contributed by atoms with E-state index in [4.69, 9.17) is 94.7 Å². The second-order valence-electron chi connectivity index (χ2n) is 30.3. The Morgan fingerprint density at radius 3 is 0.719 bits per heavy atom. The topological polar surface area (TPSA) is 376 Å². The molecule has 750 valence electrons. The molecule has 0 saturated heterocycles. The minimum atomic E-state index is -0.891. The summed E-state index contributed by atoms with van der Waals surface area (Å²) in [7, 11) is 7.85. The molecular formula is C104H130N6O27S2. The van der Waals surface area contributed by atoms with Crippen LogP contribution in [-0.2, 0) is 94.9 Å². The van der Waals surface area contributed by atoms with Crippen molar-refractivity contribution in [2.24, 2.45) is 0 Å². The number of thioether (sulfide) groups is 2. The van der Waals surface area contributed by atoms with Crippen molar-refractivity contribution in [1.82, 2.24) is 21.3 Å². The number of hydrogen-bond donors (Lipinski definition) is 6. The van der Waals surface area contributed by atoms with Crippen LogP contribution in [0.3, 0.4) is 0 Å². The number of rotatable bonds is 74. The summed E-state index contributed by atoms with van der Waals surface area (Å²) in [5, 5.41) is 16.9. The third-order valence-corrected chi connectivity index (χ3v) is 23.7. The summed E-state index contributed by atoms with van der Waals surface area (Å²) in [6, 6.07) is 70.2. The van der Waals surface area contributed by atoms with Crippen molar-refractivity contribution in [3.8, 4) is 23.0 Å². The fraction of sp³-hybridized carbons (Fsp3) is 0.413. The average molecular weight is 1960 g/mol. The normalized spacial score (nSPS) is 11.3. The van der Waals surface area contributed by atoms with E-state index in [2.05, 4.69) is 105 Å². The summed E-state index contributed by atoms with van der Waals surface area (Å²) in [6.07, 6.45) is 0. The van der Waals surface area contributed by atoms with E-state index in [1.807, 2.05) is 109 Å². The number of benzene rings is 9. The fourth-order valence-electron chi connectivity index (χ4n) is 14.0. The number of methoxy groups -OCH3 is 5.